The molecule has 0 bridgehead atoms. The highest BCUT2D eigenvalue weighted by molar-refractivity contribution is 5.82. The van der Waals surface area contributed by atoms with Crippen LogP contribution in [-0.4, -0.2) is 68.2 Å². The number of ether oxygens (including phenoxy) is 2. The monoisotopic (exact) mass is 477 g/mol. The van der Waals surface area contributed by atoms with Gasteiger partial charge in [-0.2, -0.15) is 0 Å². The summed E-state index contributed by atoms with van der Waals surface area (Å²) in [5, 5.41) is 6.05. The van der Waals surface area contributed by atoms with Gasteiger partial charge >= 0.3 is 11.9 Å². The fourth-order valence-corrected chi connectivity index (χ4v) is 4.09. The van der Waals surface area contributed by atoms with E-state index in [0.29, 0.717) is 31.8 Å². The first-order chi connectivity index (χ1) is 16.1. The molecule has 9 nitrogen and oxygen atoms in total. The Hall–Kier alpha value is -2.60. The van der Waals surface area contributed by atoms with Crippen LogP contribution in [0.5, 0.6) is 0 Å². The summed E-state index contributed by atoms with van der Waals surface area (Å²) in [4.78, 5) is 51.0. The molecule has 2 aliphatic rings. The quantitative estimate of drug-likeness (QED) is 0.294. The standard InChI is InChI=1S/C25H39N3O6/c1-5-19(23(31)33-17-34-24(32)25(2,3)4)15-27-22(30)20-7-6-14-28(16-20)21(29)9-8-18-10-12-26-13-11-18/h1,18-20,26H,6-17H2,2-4H3,(H,27,30)/t19-,20+/m0/s1. The van der Waals surface area contributed by atoms with Crippen LogP contribution in [0.2, 0.25) is 0 Å². The Balaban J connectivity index is 1.73. The highest BCUT2D eigenvalue weighted by atomic mass is 16.7. The number of nitrogens with one attached hydrogen (secondary N) is 2. The third-order valence-electron chi connectivity index (χ3n) is 6.34. The van der Waals surface area contributed by atoms with Crippen LogP contribution in [0, 0.1) is 35.5 Å². The minimum atomic E-state index is -0.997. The lowest BCUT2D eigenvalue weighted by molar-refractivity contribution is -0.174. The number of terminal acetylenes is 1. The number of carbonyl (C=O) groups excluding carboxylic acids is 4. The van der Waals surface area contributed by atoms with Crippen LogP contribution in [0.15, 0.2) is 0 Å². The van der Waals surface area contributed by atoms with Gasteiger partial charge in [0.15, 0.2) is 0 Å². The molecule has 190 valence electrons. The fraction of sp³-hybridized carbons (Fsp3) is 0.760. The molecule has 0 radical (unpaired) electrons. The molecule has 2 heterocycles. The zero-order valence-corrected chi connectivity index (χ0v) is 20.7. The normalized spacial score (nSPS) is 20.1. The van der Waals surface area contributed by atoms with E-state index in [-0.39, 0.29) is 24.3 Å². The van der Waals surface area contributed by atoms with E-state index < -0.39 is 30.1 Å². The molecule has 2 aliphatic heterocycles. The molecule has 0 aliphatic carbocycles. The van der Waals surface area contributed by atoms with Gasteiger partial charge in [0.1, 0.15) is 5.92 Å². The molecule has 0 aromatic carbocycles. The summed E-state index contributed by atoms with van der Waals surface area (Å²) in [6.07, 6.45) is 10.5. The maximum atomic E-state index is 12.7. The molecule has 2 amide bonds. The van der Waals surface area contributed by atoms with Gasteiger partial charge in [0, 0.05) is 26.1 Å². The molecular weight excluding hydrogens is 438 g/mol. The number of amides is 2. The maximum Gasteiger partial charge on any atom is 0.325 e. The van der Waals surface area contributed by atoms with Gasteiger partial charge in [-0.1, -0.05) is 5.92 Å². The van der Waals surface area contributed by atoms with Crippen molar-refractivity contribution >= 4 is 23.8 Å². The number of nitrogens with zero attached hydrogens (tertiary/aromatic N) is 1. The Morgan fingerprint density at radius 1 is 1.15 bits per heavy atom. The van der Waals surface area contributed by atoms with Crippen molar-refractivity contribution in [3.63, 3.8) is 0 Å². The molecule has 0 saturated carbocycles. The van der Waals surface area contributed by atoms with Gasteiger partial charge in [0.25, 0.3) is 0 Å². The third kappa shape index (κ3) is 8.98. The van der Waals surface area contributed by atoms with Gasteiger partial charge in [0.2, 0.25) is 18.6 Å². The molecule has 0 aromatic rings. The number of piperidine rings is 2. The molecule has 0 aromatic heterocycles. The molecule has 9 heteroatoms. The summed E-state index contributed by atoms with van der Waals surface area (Å²) >= 11 is 0. The molecule has 2 fully saturated rings. The first-order valence-corrected chi connectivity index (χ1v) is 12.2. The van der Waals surface area contributed by atoms with E-state index in [1.807, 2.05) is 0 Å². The lowest BCUT2D eigenvalue weighted by Gasteiger charge is -2.33. The smallest absolute Gasteiger partial charge is 0.325 e. The van der Waals surface area contributed by atoms with Crippen molar-refractivity contribution in [2.45, 2.75) is 59.3 Å². The van der Waals surface area contributed by atoms with Gasteiger partial charge in [-0.15, -0.1) is 6.42 Å². The Morgan fingerprint density at radius 2 is 1.85 bits per heavy atom. The third-order valence-corrected chi connectivity index (χ3v) is 6.34. The Kier molecular flexibility index (Phi) is 10.8. The predicted molar refractivity (Wildman–Crippen MR) is 126 cm³/mol. The van der Waals surface area contributed by atoms with Crippen molar-refractivity contribution in [1.82, 2.24) is 15.5 Å². The Morgan fingerprint density at radius 3 is 2.50 bits per heavy atom. The van der Waals surface area contributed by atoms with Crippen LogP contribution in [0.1, 0.15) is 59.3 Å². The highest BCUT2D eigenvalue weighted by Gasteiger charge is 2.30. The number of hydrogen-bond acceptors (Lipinski definition) is 7. The number of esters is 2. The molecule has 34 heavy (non-hydrogen) atoms. The molecule has 2 N–H and O–H groups in total. The van der Waals surface area contributed by atoms with Crippen LogP contribution in [0.3, 0.4) is 0 Å². The summed E-state index contributed by atoms with van der Waals surface area (Å²) in [6, 6.07) is 0. The van der Waals surface area contributed by atoms with Crippen LogP contribution in [0.4, 0.5) is 0 Å². The number of likely N-dealkylation sites (tertiary alicyclic amines) is 1. The molecule has 2 saturated heterocycles. The van der Waals surface area contributed by atoms with Crippen molar-refractivity contribution in [1.29, 1.82) is 0 Å². The van der Waals surface area contributed by atoms with E-state index in [9.17, 15) is 19.2 Å². The van der Waals surface area contributed by atoms with Gasteiger partial charge in [-0.3, -0.25) is 19.2 Å². The summed E-state index contributed by atoms with van der Waals surface area (Å²) in [5.74, 6) is 0.183. The van der Waals surface area contributed by atoms with Crippen molar-refractivity contribution in [3.05, 3.63) is 0 Å². The van der Waals surface area contributed by atoms with Gasteiger partial charge in [-0.05, 0) is 71.9 Å². The van der Waals surface area contributed by atoms with E-state index in [0.717, 1.165) is 38.8 Å². The topological polar surface area (TPSA) is 114 Å². The summed E-state index contributed by atoms with van der Waals surface area (Å²) in [5.41, 5.74) is -0.714. The molecule has 2 atom stereocenters. The minimum Gasteiger partial charge on any atom is -0.427 e. The summed E-state index contributed by atoms with van der Waals surface area (Å²) in [6.45, 7) is 7.52. The number of carbonyl (C=O) groups is 4. The largest absolute Gasteiger partial charge is 0.427 e. The predicted octanol–water partition coefficient (Wildman–Crippen LogP) is 1.46. The lowest BCUT2D eigenvalue weighted by Crippen LogP contribution is -2.46. The zero-order chi connectivity index (χ0) is 25.1. The fourth-order valence-electron chi connectivity index (χ4n) is 4.09. The SMILES string of the molecule is C#C[C@@H](CNC(=O)[C@@H]1CCCN(C(=O)CCC2CCNCC2)C1)C(=O)OCOC(=O)C(C)(C)C. The van der Waals surface area contributed by atoms with Gasteiger partial charge in [0.05, 0.1) is 11.3 Å². The molecule has 0 spiro atoms. The van der Waals surface area contributed by atoms with Crippen molar-refractivity contribution < 1.29 is 28.7 Å². The first kappa shape index (κ1) is 27.6. The first-order valence-electron chi connectivity index (χ1n) is 12.2. The molecule has 0 unspecified atom stereocenters. The summed E-state index contributed by atoms with van der Waals surface area (Å²) in [7, 11) is 0. The van der Waals surface area contributed by atoms with Crippen LogP contribution in [-0.2, 0) is 28.7 Å². The van der Waals surface area contributed by atoms with Gasteiger partial charge < -0.3 is 25.0 Å². The van der Waals surface area contributed by atoms with E-state index in [4.69, 9.17) is 15.9 Å². The van der Waals surface area contributed by atoms with E-state index in [1.54, 1.807) is 25.7 Å². The number of hydrogen-bond donors (Lipinski definition) is 2. The van der Waals surface area contributed by atoms with Crippen molar-refractivity contribution in [2.75, 3.05) is 39.5 Å². The average molecular weight is 478 g/mol. The Labute approximate surface area is 202 Å². The zero-order valence-electron chi connectivity index (χ0n) is 20.7. The second-order valence-corrected chi connectivity index (χ2v) is 10.1. The second kappa shape index (κ2) is 13.3. The highest BCUT2D eigenvalue weighted by Crippen LogP contribution is 2.21. The maximum absolute atomic E-state index is 12.7. The van der Waals surface area contributed by atoms with E-state index in [1.165, 1.54) is 0 Å². The Bertz CT molecular complexity index is 764. The van der Waals surface area contributed by atoms with E-state index >= 15 is 0 Å². The van der Waals surface area contributed by atoms with Crippen LogP contribution >= 0.6 is 0 Å². The van der Waals surface area contributed by atoms with E-state index in [2.05, 4.69) is 16.6 Å². The average Bonchev–Trinajstić information content (AvgIpc) is 2.82. The lowest BCUT2D eigenvalue weighted by atomic mass is 9.92. The van der Waals surface area contributed by atoms with Crippen molar-refractivity contribution in [3.8, 4) is 12.3 Å². The molecular formula is C25H39N3O6. The number of rotatable bonds is 9. The van der Waals surface area contributed by atoms with Crippen LogP contribution < -0.4 is 10.6 Å². The molecule has 2 rings (SSSR count). The summed E-state index contributed by atoms with van der Waals surface area (Å²) < 4.78 is 9.84. The minimum absolute atomic E-state index is 0.0818. The second-order valence-electron chi connectivity index (χ2n) is 10.1. The van der Waals surface area contributed by atoms with Crippen LogP contribution in [0.25, 0.3) is 0 Å². The van der Waals surface area contributed by atoms with Crippen molar-refractivity contribution in [2.24, 2.45) is 23.2 Å². The van der Waals surface area contributed by atoms with Gasteiger partial charge in [-0.25, -0.2) is 0 Å².